The molecule has 0 aromatic heterocycles. The number of hydrogen-bond donors (Lipinski definition) is 1. The van der Waals surface area contributed by atoms with Crippen molar-refractivity contribution in [1.82, 2.24) is 9.62 Å². The third kappa shape index (κ3) is 4.77. The van der Waals surface area contributed by atoms with E-state index in [1.807, 2.05) is 30.3 Å². The minimum Gasteiger partial charge on any atom is -0.348 e. The number of hydrogen-bond acceptors (Lipinski definition) is 3. The van der Waals surface area contributed by atoms with Gasteiger partial charge in [-0.15, -0.1) is 0 Å². The molecule has 3 aromatic rings. The molecule has 5 nitrogen and oxygen atoms in total. The van der Waals surface area contributed by atoms with E-state index in [9.17, 15) is 13.2 Å². The molecule has 0 spiro atoms. The Labute approximate surface area is 191 Å². The zero-order valence-electron chi connectivity index (χ0n) is 16.5. The molecule has 8 heteroatoms. The Bertz CT molecular complexity index is 1250. The van der Waals surface area contributed by atoms with E-state index in [4.69, 9.17) is 23.2 Å². The largest absolute Gasteiger partial charge is 0.348 e. The molecule has 1 aliphatic rings. The van der Waals surface area contributed by atoms with Gasteiger partial charge in [-0.05, 0) is 53.4 Å². The number of sulfonamides is 1. The highest BCUT2D eigenvalue weighted by Crippen LogP contribution is 2.27. The van der Waals surface area contributed by atoms with Crippen LogP contribution in [-0.4, -0.2) is 25.2 Å². The van der Waals surface area contributed by atoms with Gasteiger partial charge < -0.3 is 5.32 Å². The summed E-state index contributed by atoms with van der Waals surface area (Å²) in [6, 6.07) is 19.2. The third-order valence-electron chi connectivity index (χ3n) is 5.26. The van der Waals surface area contributed by atoms with E-state index in [1.165, 1.54) is 22.5 Å². The summed E-state index contributed by atoms with van der Waals surface area (Å²) in [5.41, 5.74) is 3.09. The average molecular weight is 475 g/mol. The maximum atomic E-state index is 13.2. The van der Waals surface area contributed by atoms with Crippen LogP contribution in [0.1, 0.15) is 27.0 Å². The molecule has 0 fully saturated rings. The van der Waals surface area contributed by atoms with E-state index in [0.717, 1.165) is 16.7 Å². The number of nitrogens with one attached hydrogen (secondary N) is 1. The predicted molar refractivity (Wildman–Crippen MR) is 122 cm³/mol. The van der Waals surface area contributed by atoms with Crippen LogP contribution in [0.25, 0.3) is 0 Å². The van der Waals surface area contributed by atoms with Gasteiger partial charge in [0, 0.05) is 24.7 Å². The number of fused-ring (bicyclic) bond motifs is 1. The third-order valence-corrected chi connectivity index (χ3v) is 7.66. The molecule has 0 saturated heterocycles. The normalized spacial score (nSPS) is 14.1. The van der Waals surface area contributed by atoms with Crippen LogP contribution in [0.4, 0.5) is 0 Å². The first-order chi connectivity index (χ1) is 14.8. The molecule has 0 bridgehead atoms. The van der Waals surface area contributed by atoms with E-state index in [1.54, 1.807) is 18.2 Å². The van der Waals surface area contributed by atoms with Gasteiger partial charge in [0.15, 0.2) is 0 Å². The number of benzene rings is 3. The van der Waals surface area contributed by atoms with Gasteiger partial charge >= 0.3 is 0 Å². The summed E-state index contributed by atoms with van der Waals surface area (Å²) < 4.78 is 27.9. The van der Waals surface area contributed by atoms with Crippen molar-refractivity contribution in [3.8, 4) is 0 Å². The zero-order valence-corrected chi connectivity index (χ0v) is 18.8. The lowest BCUT2D eigenvalue weighted by molar-refractivity contribution is 0.0951. The Kier molecular flexibility index (Phi) is 6.34. The Morgan fingerprint density at radius 1 is 0.968 bits per heavy atom. The molecule has 160 valence electrons. The summed E-state index contributed by atoms with van der Waals surface area (Å²) in [7, 11) is -3.77. The maximum Gasteiger partial charge on any atom is 0.253 e. The topological polar surface area (TPSA) is 66.5 Å². The number of carbonyl (C=O) groups is 1. The van der Waals surface area contributed by atoms with Crippen LogP contribution in [0.15, 0.2) is 71.6 Å². The molecule has 1 heterocycles. The van der Waals surface area contributed by atoms with Crippen molar-refractivity contribution in [1.29, 1.82) is 0 Å². The predicted octanol–water partition coefficient (Wildman–Crippen LogP) is 4.67. The van der Waals surface area contributed by atoms with Crippen LogP contribution in [-0.2, 0) is 29.5 Å². The molecule has 31 heavy (non-hydrogen) atoms. The number of halogens is 2. The van der Waals surface area contributed by atoms with Crippen LogP contribution in [0.3, 0.4) is 0 Å². The fourth-order valence-corrected chi connectivity index (χ4v) is 5.45. The minimum atomic E-state index is -3.77. The summed E-state index contributed by atoms with van der Waals surface area (Å²) in [5.74, 6) is -0.453. The molecular weight excluding hydrogens is 455 g/mol. The molecule has 3 aromatic carbocycles. The van der Waals surface area contributed by atoms with Crippen molar-refractivity contribution in [2.24, 2.45) is 0 Å². The van der Waals surface area contributed by atoms with Gasteiger partial charge in [-0.1, -0.05) is 59.6 Å². The fourth-order valence-electron chi connectivity index (χ4n) is 3.59. The highest BCUT2D eigenvalue weighted by Gasteiger charge is 2.29. The number of rotatable bonds is 5. The highest BCUT2D eigenvalue weighted by atomic mass is 35.5. The van der Waals surface area contributed by atoms with Crippen LogP contribution in [0.2, 0.25) is 10.0 Å². The number of amides is 1. The highest BCUT2D eigenvalue weighted by molar-refractivity contribution is 7.89. The first kappa shape index (κ1) is 21.8. The second kappa shape index (κ2) is 9.01. The molecule has 1 N–H and O–H groups in total. The molecular formula is C23H20Cl2N2O3S. The summed E-state index contributed by atoms with van der Waals surface area (Å²) in [4.78, 5) is 12.8. The summed E-state index contributed by atoms with van der Waals surface area (Å²) in [6.45, 7) is 0.936. The van der Waals surface area contributed by atoms with Gasteiger partial charge in [-0.2, -0.15) is 4.31 Å². The van der Waals surface area contributed by atoms with E-state index < -0.39 is 15.9 Å². The van der Waals surface area contributed by atoms with Crippen LogP contribution in [0, 0.1) is 0 Å². The SMILES string of the molecule is O=C(NCc1cccc(Cl)c1)c1cc(S(=O)(=O)N2CCc3ccccc3C2)ccc1Cl. The number of carbonyl (C=O) groups excluding carboxylic acids is 1. The zero-order chi connectivity index (χ0) is 22.0. The van der Waals surface area contributed by atoms with Crippen molar-refractivity contribution < 1.29 is 13.2 Å². The van der Waals surface area contributed by atoms with Gasteiger partial charge in [-0.25, -0.2) is 8.42 Å². The van der Waals surface area contributed by atoms with E-state index >= 15 is 0 Å². The Hall–Kier alpha value is -2.38. The average Bonchev–Trinajstić information content (AvgIpc) is 2.77. The minimum absolute atomic E-state index is 0.0455. The Morgan fingerprint density at radius 2 is 1.74 bits per heavy atom. The lowest BCUT2D eigenvalue weighted by Crippen LogP contribution is -2.36. The maximum absolute atomic E-state index is 13.2. The fraction of sp³-hybridized carbons (Fsp3) is 0.174. The lowest BCUT2D eigenvalue weighted by Gasteiger charge is -2.28. The quantitative estimate of drug-likeness (QED) is 0.583. The Morgan fingerprint density at radius 3 is 2.52 bits per heavy atom. The number of nitrogens with zero attached hydrogens (tertiary/aromatic N) is 1. The smallest absolute Gasteiger partial charge is 0.253 e. The lowest BCUT2D eigenvalue weighted by atomic mass is 10.0. The molecule has 1 aliphatic heterocycles. The first-order valence-electron chi connectivity index (χ1n) is 9.74. The summed E-state index contributed by atoms with van der Waals surface area (Å²) >= 11 is 12.2. The molecule has 0 unspecified atom stereocenters. The van der Waals surface area contributed by atoms with Gasteiger partial charge in [0.05, 0.1) is 15.5 Å². The monoisotopic (exact) mass is 474 g/mol. The van der Waals surface area contributed by atoms with Crippen LogP contribution < -0.4 is 5.32 Å². The van der Waals surface area contributed by atoms with Crippen LogP contribution >= 0.6 is 23.2 Å². The van der Waals surface area contributed by atoms with Crippen molar-refractivity contribution in [2.45, 2.75) is 24.4 Å². The van der Waals surface area contributed by atoms with Crippen molar-refractivity contribution in [2.75, 3.05) is 6.54 Å². The second-order valence-electron chi connectivity index (χ2n) is 7.31. The molecule has 1 amide bonds. The van der Waals surface area contributed by atoms with Crippen molar-refractivity contribution >= 4 is 39.1 Å². The van der Waals surface area contributed by atoms with E-state index in [0.29, 0.717) is 24.5 Å². The molecule has 0 radical (unpaired) electrons. The van der Waals surface area contributed by atoms with Crippen molar-refractivity contribution in [3.63, 3.8) is 0 Å². The van der Waals surface area contributed by atoms with Crippen molar-refractivity contribution in [3.05, 3.63) is 99.0 Å². The Balaban J connectivity index is 1.55. The summed E-state index contributed by atoms with van der Waals surface area (Å²) in [5, 5.41) is 3.52. The van der Waals surface area contributed by atoms with Gasteiger partial charge in [0.25, 0.3) is 5.91 Å². The standard InChI is InChI=1S/C23H20Cl2N2O3S/c24-19-7-3-4-16(12-19)14-26-23(28)21-13-20(8-9-22(21)25)31(29,30)27-11-10-17-5-1-2-6-18(17)15-27/h1-9,12-13H,10-11,14-15H2,(H,26,28). The van der Waals surface area contributed by atoms with Gasteiger partial charge in [-0.3, -0.25) is 4.79 Å². The molecule has 0 saturated carbocycles. The van der Waals surface area contributed by atoms with E-state index in [2.05, 4.69) is 5.32 Å². The first-order valence-corrected chi connectivity index (χ1v) is 11.9. The van der Waals surface area contributed by atoms with Gasteiger partial charge in [0.1, 0.15) is 0 Å². The van der Waals surface area contributed by atoms with Gasteiger partial charge in [0.2, 0.25) is 10.0 Å². The van der Waals surface area contributed by atoms with Crippen LogP contribution in [0.5, 0.6) is 0 Å². The molecule has 0 aliphatic carbocycles. The van der Waals surface area contributed by atoms with E-state index in [-0.39, 0.29) is 22.0 Å². The summed E-state index contributed by atoms with van der Waals surface area (Å²) in [6.07, 6.45) is 0.649. The molecule has 4 rings (SSSR count). The second-order valence-corrected chi connectivity index (χ2v) is 10.1. The molecule has 0 atom stereocenters.